The van der Waals surface area contributed by atoms with Crippen molar-refractivity contribution in [3.05, 3.63) is 11.1 Å². The molecule has 2 N–H and O–H groups in total. The molecular formula is C11H16ClN3O2S. The molecule has 0 aliphatic carbocycles. The minimum absolute atomic E-state index is 0. The number of anilines is 1. The van der Waals surface area contributed by atoms with Gasteiger partial charge < -0.3 is 10.6 Å². The van der Waals surface area contributed by atoms with Crippen molar-refractivity contribution in [3.8, 4) is 0 Å². The molecule has 1 fully saturated rings. The van der Waals surface area contributed by atoms with E-state index in [0.717, 1.165) is 19.4 Å². The van der Waals surface area contributed by atoms with Gasteiger partial charge in [0.1, 0.15) is 0 Å². The standard InChI is InChI=1S/C11H15N3O2S.ClH/c1-7(15)9-6-13-11(17-9)14-10(16)5-8-3-2-4-12-8;/h6,8,12H,2-5H2,1H3,(H,13,14,16);1H. The first kappa shape index (κ1) is 15.1. The zero-order valence-corrected chi connectivity index (χ0v) is 11.7. The molecule has 7 heteroatoms. The Bertz CT molecular complexity index is 430. The van der Waals surface area contributed by atoms with Crippen LogP contribution < -0.4 is 10.6 Å². The number of halogens is 1. The van der Waals surface area contributed by atoms with Gasteiger partial charge in [-0.25, -0.2) is 4.98 Å². The van der Waals surface area contributed by atoms with E-state index in [9.17, 15) is 9.59 Å². The van der Waals surface area contributed by atoms with Crippen molar-refractivity contribution in [1.29, 1.82) is 0 Å². The second-order valence-corrected chi connectivity index (χ2v) is 5.16. The van der Waals surface area contributed by atoms with Crippen molar-refractivity contribution in [1.82, 2.24) is 10.3 Å². The van der Waals surface area contributed by atoms with Gasteiger partial charge >= 0.3 is 0 Å². The molecule has 0 saturated carbocycles. The van der Waals surface area contributed by atoms with E-state index < -0.39 is 0 Å². The molecule has 0 aromatic carbocycles. The lowest BCUT2D eigenvalue weighted by molar-refractivity contribution is -0.116. The fraction of sp³-hybridized carbons (Fsp3) is 0.545. The molecule has 0 bridgehead atoms. The smallest absolute Gasteiger partial charge is 0.227 e. The van der Waals surface area contributed by atoms with Gasteiger partial charge in [-0.15, -0.1) is 12.4 Å². The van der Waals surface area contributed by atoms with Crippen molar-refractivity contribution >= 4 is 40.6 Å². The molecule has 1 unspecified atom stereocenters. The average Bonchev–Trinajstić information content (AvgIpc) is 2.88. The lowest BCUT2D eigenvalue weighted by Gasteiger charge is -2.08. The first-order valence-corrected chi connectivity index (χ1v) is 6.47. The zero-order valence-electron chi connectivity index (χ0n) is 10.1. The van der Waals surface area contributed by atoms with Crippen LogP contribution in [-0.4, -0.2) is 29.3 Å². The van der Waals surface area contributed by atoms with Crippen molar-refractivity contribution < 1.29 is 9.59 Å². The summed E-state index contributed by atoms with van der Waals surface area (Å²) in [5.41, 5.74) is 0. The molecule has 1 amide bonds. The minimum atomic E-state index is -0.0474. The summed E-state index contributed by atoms with van der Waals surface area (Å²) in [6.45, 7) is 2.48. The second kappa shape index (κ2) is 6.82. The zero-order chi connectivity index (χ0) is 12.3. The van der Waals surface area contributed by atoms with Crippen molar-refractivity contribution in [3.63, 3.8) is 0 Å². The van der Waals surface area contributed by atoms with Gasteiger partial charge in [0.15, 0.2) is 10.9 Å². The number of thiazole rings is 1. The summed E-state index contributed by atoms with van der Waals surface area (Å²) < 4.78 is 0. The van der Waals surface area contributed by atoms with Crippen molar-refractivity contribution in [2.45, 2.75) is 32.2 Å². The SMILES string of the molecule is CC(=O)c1cnc(NC(=O)CC2CCCN2)s1.Cl. The van der Waals surface area contributed by atoms with Gasteiger partial charge in [0, 0.05) is 19.4 Å². The number of ketones is 1. The highest BCUT2D eigenvalue weighted by atomic mass is 35.5. The van der Waals surface area contributed by atoms with Gasteiger partial charge in [0.2, 0.25) is 5.91 Å². The fourth-order valence-corrected chi connectivity index (χ4v) is 2.55. The predicted octanol–water partition coefficient (Wildman–Crippen LogP) is 1.85. The Kier molecular flexibility index (Phi) is 5.71. The predicted molar refractivity (Wildman–Crippen MR) is 73.6 cm³/mol. The van der Waals surface area contributed by atoms with Crippen LogP contribution >= 0.6 is 23.7 Å². The quantitative estimate of drug-likeness (QED) is 0.830. The van der Waals surface area contributed by atoms with Crippen LogP contribution in [-0.2, 0) is 4.79 Å². The number of nitrogens with zero attached hydrogens (tertiary/aromatic N) is 1. The lowest BCUT2D eigenvalue weighted by atomic mass is 10.1. The van der Waals surface area contributed by atoms with Gasteiger partial charge in [0.05, 0.1) is 11.1 Å². The molecule has 18 heavy (non-hydrogen) atoms. The maximum Gasteiger partial charge on any atom is 0.227 e. The highest BCUT2D eigenvalue weighted by molar-refractivity contribution is 7.17. The van der Waals surface area contributed by atoms with Gasteiger partial charge in [-0.3, -0.25) is 9.59 Å². The second-order valence-electron chi connectivity index (χ2n) is 4.13. The Morgan fingerprint density at radius 3 is 2.94 bits per heavy atom. The van der Waals surface area contributed by atoms with E-state index in [-0.39, 0.29) is 30.1 Å². The van der Waals surface area contributed by atoms with Crippen LogP contribution in [0.5, 0.6) is 0 Å². The fourth-order valence-electron chi connectivity index (χ4n) is 1.82. The minimum Gasteiger partial charge on any atom is -0.313 e. The molecule has 1 saturated heterocycles. The average molecular weight is 290 g/mol. The third kappa shape index (κ3) is 4.04. The molecule has 1 aromatic heterocycles. The molecule has 5 nitrogen and oxygen atoms in total. The normalized spacial score (nSPS) is 18.2. The van der Waals surface area contributed by atoms with E-state index in [0.29, 0.717) is 16.4 Å². The number of aromatic nitrogens is 1. The van der Waals surface area contributed by atoms with E-state index in [1.54, 1.807) is 0 Å². The number of hydrogen-bond donors (Lipinski definition) is 2. The largest absolute Gasteiger partial charge is 0.313 e. The van der Waals surface area contributed by atoms with Crippen LogP contribution in [0.1, 0.15) is 35.9 Å². The van der Waals surface area contributed by atoms with Gasteiger partial charge in [-0.05, 0) is 19.4 Å². The Morgan fingerprint density at radius 1 is 1.61 bits per heavy atom. The topological polar surface area (TPSA) is 71.1 Å². The van der Waals surface area contributed by atoms with Crippen LogP contribution in [0.25, 0.3) is 0 Å². The maximum absolute atomic E-state index is 11.7. The Morgan fingerprint density at radius 2 is 2.39 bits per heavy atom. The van der Waals surface area contributed by atoms with E-state index in [1.807, 2.05) is 0 Å². The summed E-state index contributed by atoms with van der Waals surface area (Å²) in [7, 11) is 0. The number of rotatable bonds is 4. The maximum atomic E-state index is 11.7. The molecule has 1 aromatic rings. The Balaban J connectivity index is 0.00000162. The third-order valence-electron chi connectivity index (χ3n) is 2.69. The molecule has 1 atom stereocenters. The Hall–Kier alpha value is -0.980. The summed E-state index contributed by atoms with van der Waals surface area (Å²) >= 11 is 1.21. The van der Waals surface area contributed by atoms with Crippen LogP contribution in [0.2, 0.25) is 0 Å². The summed E-state index contributed by atoms with van der Waals surface area (Å²) in [6.07, 6.45) is 4.14. The lowest BCUT2D eigenvalue weighted by Crippen LogP contribution is -2.27. The van der Waals surface area contributed by atoms with Crippen LogP contribution in [0.4, 0.5) is 5.13 Å². The van der Waals surface area contributed by atoms with Crippen LogP contribution in [0, 0.1) is 0 Å². The highest BCUT2D eigenvalue weighted by Crippen LogP contribution is 2.19. The molecule has 0 spiro atoms. The first-order valence-electron chi connectivity index (χ1n) is 5.65. The number of carbonyl (C=O) groups excluding carboxylic acids is 2. The monoisotopic (exact) mass is 289 g/mol. The van der Waals surface area contributed by atoms with Gasteiger partial charge in [0.25, 0.3) is 0 Å². The summed E-state index contributed by atoms with van der Waals surface area (Å²) in [5.74, 6) is -0.0747. The van der Waals surface area contributed by atoms with E-state index in [2.05, 4.69) is 15.6 Å². The molecule has 2 heterocycles. The number of Topliss-reactive ketones (excluding diaryl/α,β-unsaturated/α-hetero) is 1. The number of nitrogens with one attached hydrogen (secondary N) is 2. The molecule has 2 rings (SSSR count). The van der Waals surface area contributed by atoms with Crippen LogP contribution in [0.15, 0.2) is 6.20 Å². The molecule has 0 radical (unpaired) electrons. The van der Waals surface area contributed by atoms with E-state index >= 15 is 0 Å². The van der Waals surface area contributed by atoms with Crippen molar-refractivity contribution in [2.24, 2.45) is 0 Å². The molecule has 100 valence electrons. The van der Waals surface area contributed by atoms with Gasteiger partial charge in [-0.2, -0.15) is 0 Å². The molecule has 1 aliphatic heterocycles. The highest BCUT2D eigenvalue weighted by Gasteiger charge is 2.18. The summed E-state index contributed by atoms with van der Waals surface area (Å²) in [4.78, 5) is 27.3. The number of carbonyl (C=O) groups is 2. The van der Waals surface area contributed by atoms with E-state index in [4.69, 9.17) is 0 Å². The van der Waals surface area contributed by atoms with Gasteiger partial charge in [-0.1, -0.05) is 11.3 Å². The van der Waals surface area contributed by atoms with Crippen molar-refractivity contribution in [2.75, 3.05) is 11.9 Å². The number of amides is 1. The number of hydrogen-bond acceptors (Lipinski definition) is 5. The summed E-state index contributed by atoms with van der Waals surface area (Å²) in [6, 6.07) is 0.280. The third-order valence-corrected chi connectivity index (χ3v) is 3.71. The summed E-state index contributed by atoms with van der Waals surface area (Å²) in [5, 5.41) is 6.48. The van der Waals surface area contributed by atoms with E-state index in [1.165, 1.54) is 24.5 Å². The Labute approximate surface area is 116 Å². The first-order chi connectivity index (χ1) is 8.15. The van der Waals surface area contributed by atoms with Crippen LogP contribution in [0.3, 0.4) is 0 Å². The molecular weight excluding hydrogens is 274 g/mol. The molecule has 1 aliphatic rings.